The molecular formula is C18H21N5O4S. The number of amides is 4. The first-order chi connectivity index (χ1) is 13.3. The van der Waals surface area contributed by atoms with E-state index in [9.17, 15) is 14.4 Å². The number of nitrogens with one attached hydrogen (secondary N) is 1. The van der Waals surface area contributed by atoms with Gasteiger partial charge in [-0.15, -0.1) is 11.3 Å². The third-order valence-electron chi connectivity index (χ3n) is 4.35. The number of rotatable bonds is 4. The maximum absolute atomic E-state index is 12.7. The molecule has 1 aromatic heterocycles. The number of carbonyl (C=O) groups is 3. The first-order valence-electron chi connectivity index (χ1n) is 8.65. The lowest BCUT2D eigenvalue weighted by molar-refractivity contribution is 0.0129. The Morgan fingerprint density at radius 3 is 2.54 bits per heavy atom. The molecule has 28 heavy (non-hydrogen) atoms. The van der Waals surface area contributed by atoms with Gasteiger partial charge in [-0.3, -0.25) is 5.32 Å². The van der Waals surface area contributed by atoms with Crippen molar-refractivity contribution in [3.63, 3.8) is 0 Å². The number of nitrogens with zero attached hydrogens (tertiary/aromatic N) is 1. The standard InChI is InChI=1S/C18H21N5O4S/c19-11-5-3-10(4-6-11)14-8-13(15(28-14)22-17(20)25)16(24)27-12-2-1-7-23(9-12)18(21)26/h3-6,8,12H,1-2,7,9,19H2,(H2,21,26)(H3,20,22,25). The molecule has 1 saturated heterocycles. The average molecular weight is 403 g/mol. The van der Waals surface area contributed by atoms with E-state index in [0.29, 0.717) is 30.1 Å². The molecule has 1 fully saturated rings. The highest BCUT2D eigenvalue weighted by molar-refractivity contribution is 7.20. The maximum atomic E-state index is 12.7. The zero-order valence-electron chi connectivity index (χ0n) is 15.0. The van der Waals surface area contributed by atoms with E-state index in [1.54, 1.807) is 18.2 Å². The van der Waals surface area contributed by atoms with Crippen molar-refractivity contribution in [3.8, 4) is 10.4 Å². The first kappa shape index (κ1) is 19.5. The Bertz CT molecular complexity index is 896. The Hall–Kier alpha value is -3.27. The van der Waals surface area contributed by atoms with Gasteiger partial charge in [0.25, 0.3) is 0 Å². The number of thiophene rings is 1. The number of carbonyl (C=O) groups excluding carboxylic acids is 3. The fourth-order valence-electron chi connectivity index (χ4n) is 2.99. The molecule has 0 radical (unpaired) electrons. The van der Waals surface area contributed by atoms with E-state index in [-0.39, 0.29) is 12.1 Å². The molecule has 7 N–H and O–H groups in total. The lowest BCUT2D eigenvalue weighted by atomic mass is 10.1. The van der Waals surface area contributed by atoms with Gasteiger partial charge in [-0.2, -0.15) is 0 Å². The number of urea groups is 2. The van der Waals surface area contributed by atoms with Crippen molar-refractivity contribution in [2.45, 2.75) is 18.9 Å². The van der Waals surface area contributed by atoms with Crippen LogP contribution in [0.5, 0.6) is 0 Å². The van der Waals surface area contributed by atoms with Crippen LogP contribution >= 0.6 is 11.3 Å². The van der Waals surface area contributed by atoms with Gasteiger partial charge in [0, 0.05) is 17.1 Å². The van der Waals surface area contributed by atoms with Crippen LogP contribution in [0, 0.1) is 0 Å². The van der Waals surface area contributed by atoms with E-state index in [1.165, 1.54) is 16.2 Å². The predicted octanol–water partition coefficient (Wildman–Crippen LogP) is 2.19. The zero-order chi connectivity index (χ0) is 20.3. The number of nitrogen functional groups attached to an aromatic ring is 1. The quantitative estimate of drug-likeness (QED) is 0.455. The summed E-state index contributed by atoms with van der Waals surface area (Å²) in [7, 11) is 0. The molecule has 0 saturated carbocycles. The third kappa shape index (κ3) is 4.52. The predicted molar refractivity (Wildman–Crippen MR) is 107 cm³/mol. The fourth-order valence-corrected chi connectivity index (χ4v) is 4.04. The Balaban J connectivity index is 1.82. The van der Waals surface area contributed by atoms with Crippen molar-refractivity contribution in [3.05, 3.63) is 35.9 Å². The summed E-state index contributed by atoms with van der Waals surface area (Å²) in [5.41, 5.74) is 17.9. The Kier molecular flexibility index (Phi) is 5.69. The number of piperidine rings is 1. The monoisotopic (exact) mass is 403 g/mol. The summed E-state index contributed by atoms with van der Waals surface area (Å²) < 4.78 is 5.55. The second-order valence-electron chi connectivity index (χ2n) is 6.42. The number of ether oxygens (including phenoxy) is 1. The van der Waals surface area contributed by atoms with Gasteiger partial charge in [-0.25, -0.2) is 14.4 Å². The molecule has 9 nitrogen and oxygen atoms in total. The fraction of sp³-hybridized carbons (Fsp3) is 0.278. The van der Waals surface area contributed by atoms with Crippen LogP contribution in [0.2, 0.25) is 0 Å². The number of hydrogen-bond acceptors (Lipinski definition) is 6. The van der Waals surface area contributed by atoms with Gasteiger partial charge in [0.2, 0.25) is 0 Å². The van der Waals surface area contributed by atoms with E-state index < -0.39 is 24.1 Å². The lowest BCUT2D eigenvalue weighted by Crippen LogP contribution is -2.46. The summed E-state index contributed by atoms with van der Waals surface area (Å²) >= 11 is 1.20. The summed E-state index contributed by atoms with van der Waals surface area (Å²) in [5, 5.41) is 2.77. The van der Waals surface area contributed by atoms with Crippen LogP contribution in [-0.4, -0.2) is 42.1 Å². The number of primary amides is 2. The number of anilines is 2. The van der Waals surface area contributed by atoms with Crippen LogP contribution in [0.4, 0.5) is 20.3 Å². The van der Waals surface area contributed by atoms with E-state index in [1.807, 2.05) is 12.1 Å². The van der Waals surface area contributed by atoms with Gasteiger partial charge >= 0.3 is 18.0 Å². The summed E-state index contributed by atoms with van der Waals surface area (Å²) in [6, 6.07) is 7.43. The molecule has 1 aliphatic rings. The van der Waals surface area contributed by atoms with E-state index in [0.717, 1.165) is 10.4 Å². The number of nitrogens with two attached hydrogens (primary N) is 3. The molecule has 2 aromatic rings. The van der Waals surface area contributed by atoms with Crippen molar-refractivity contribution in [2.24, 2.45) is 11.5 Å². The minimum Gasteiger partial charge on any atom is -0.457 e. The van der Waals surface area contributed by atoms with Gasteiger partial charge in [-0.1, -0.05) is 12.1 Å². The number of likely N-dealkylation sites (tertiary alicyclic amines) is 1. The zero-order valence-corrected chi connectivity index (χ0v) is 15.8. The molecule has 1 aromatic carbocycles. The van der Waals surface area contributed by atoms with Crippen LogP contribution in [0.1, 0.15) is 23.2 Å². The molecule has 4 amide bonds. The highest BCUT2D eigenvalue weighted by Gasteiger charge is 2.27. The molecule has 0 spiro atoms. The third-order valence-corrected chi connectivity index (χ3v) is 5.45. The molecule has 1 aliphatic heterocycles. The van der Waals surface area contributed by atoms with Crippen LogP contribution in [0.3, 0.4) is 0 Å². The van der Waals surface area contributed by atoms with Crippen LogP contribution < -0.4 is 22.5 Å². The highest BCUT2D eigenvalue weighted by Crippen LogP contribution is 2.36. The van der Waals surface area contributed by atoms with Crippen LogP contribution in [0.25, 0.3) is 10.4 Å². The Morgan fingerprint density at radius 1 is 1.18 bits per heavy atom. The Morgan fingerprint density at radius 2 is 1.89 bits per heavy atom. The van der Waals surface area contributed by atoms with E-state index >= 15 is 0 Å². The lowest BCUT2D eigenvalue weighted by Gasteiger charge is -2.31. The normalized spacial score (nSPS) is 16.4. The van der Waals surface area contributed by atoms with Crippen molar-refractivity contribution < 1.29 is 19.1 Å². The minimum atomic E-state index is -0.780. The molecule has 2 heterocycles. The SMILES string of the molecule is NC(=O)Nc1sc(-c2ccc(N)cc2)cc1C(=O)OC1CCCN(C(N)=O)C1. The Labute approximate surface area is 165 Å². The molecule has 1 unspecified atom stereocenters. The maximum Gasteiger partial charge on any atom is 0.341 e. The molecular weight excluding hydrogens is 382 g/mol. The van der Waals surface area contributed by atoms with E-state index in [2.05, 4.69) is 5.32 Å². The van der Waals surface area contributed by atoms with Crippen LogP contribution in [-0.2, 0) is 4.74 Å². The van der Waals surface area contributed by atoms with Crippen molar-refractivity contribution in [1.29, 1.82) is 0 Å². The summed E-state index contributed by atoms with van der Waals surface area (Å²) in [6.45, 7) is 0.784. The average Bonchev–Trinajstić information content (AvgIpc) is 3.05. The number of benzene rings is 1. The van der Waals surface area contributed by atoms with E-state index in [4.69, 9.17) is 21.9 Å². The molecule has 0 aliphatic carbocycles. The van der Waals surface area contributed by atoms with Crippen LogP contribution in [0.15, 0.2) is 30.3 Å². The largest absolute Gasteiger partial charge is 0.457 e. The van der Waals surface area contributed by atoms with Crippen molar-refractivity contribution in [2.75, 3.05) is 24.1 Å². The molecule has 148 valence electrons. The second-order valence-corrected chi connectivity index (χ2v) is 7.47. The summed E-state index contributed by atoms with van der Waals surface area (Å²) in [4.78, 5) is 37.6. The van der Waals surface area contributed by atoms with Crippen molar-refractivity contribution >= 4 is 40.1 Å². The van der Waals surface area contributed by atoms with Gasteiger partial charge < -0.3 is 26.8 Å². The molecule has 1 atom stereocenters. The second kappa shape index (κ2) is 8.17. The number of hydrogen-bond donors (Lipinski definition) is 4. The van der Waals surface area contributed by atoms with Gasteiger partial charge in [0.15, 0.2) is 0 Å². The number of esters is 1. The van der Waals surface area contributed by atoms with Crippen molar-refractivity contribution in [1.82, 2.24) is 4.90 Å². The molecule has 0 bridgehead atoms. The minimum absolute atomic E-state index is 0.201. The topological polar surface area (TPSA) is 154 Å². The summed E-state index contributed by atoms with van der Waals surface area (Å²) in [6.07, 6.45) is 0.853. The first-order valence-corrected chi connectivity index (χ1v) is 9.46. The smallest absolute Gasteiger partial charge is 0.341 e. The highest BCUT2D eigenvalue weighted by atomic mass is 32.1. The van der Waals surface area contributed by atoms with Gasteiger partial charge in [0.1, 0.15) is 11.1 Å². The summed E-state index contributed by atoms with van der Waals surface area (Å²) in [5.74, 6) is -0.599. The van der Waals surface area contributed by atoms with Gasteiger partial charge in [-0.05, 0) is 36.6 Å². The van der Waals surface area contributed by atoms with Gasteiger partial charge in [0.05, 0.1) is 12.1 Å². The molecule has 10 heteroatoms. The molecule has 3 rings (SSSR count).